The van der Waals surface area contributed by atoms with Gasteiger partial charge in [0.15, 0.2) is 0 Å². The first-order valence-electron chi connectivity index (χ1n) is 8.21. The predicted octanol–water partition coefficient (Wildman–Crippen LogP) is 2.03. The van der Waals surface area contributed by atoms with E-state index in [4.69, 9.17) is 9.84 Å². The molecule has 0 aliphatic rings. The molecule has 3 aromatic rings. The van der Waals surface area contributed by atoms with Crippen LogP contribution in [0.3, 0.4) is 0 Å². The number of nitrogens with zero attached hydrogens (tertiary/aromatic N) is 4. The number of methoxy groups -OCH3 is 1. The molecule has 3 rings (SSSR count). The van der Waals surface area contributed by atoms with E-state index < -0.39 is 12.0 Å². The molecule has 27 heavy (non-hydrogen) atoms. The number of anilines is 1. The largest absolute Gasteiger partial charge is 0.497 e. The molecular formula is C18H19N5O4. The van der Waals surface area contributed by atoms with Crippen LogP contribution in [-0.4, -0.2) is 43.7 Å². The van der Waals surface area contributed by atoms with Crippen LogP contribution in [0.15, 0.2) is 48.9 Å². The van der Waals surface area contributed by atoms with Gasteiger partial charge in [0, 0.05) is 12.4 Å². The van der Waals surface area contributed by atoms with E-state index in [0.29, 0.717) is 12.2 Å². The Labute approximate surface area is 155 Å². The summed E-state index contributed by atoms with van der Waals surface area (Å²) in [5.74, 6) is -0.768. The molecule has 0 bridgehead atoms. The zero-order valence-electron chi connectivity index (χ0n) is 14.9. The number of benzene rings is 1. The molecule has 0 saturated carbocycles. The molecule has 9 nitrogen and oxygen atoms in total. The minimum absolute atomic E-state index is 0.0497. The lowest BCUT2D eigenvalue weighted by Gasteiger charge is -2.13. The smallest absolute Gasteiger partial charge is 0.354 e. The molecule has 0 aliphatic heterocycles. The minimum Gasteiger partial charge on any atom is -0.497 e. The summed E-state index contributed by atoms with van der Waals surface area (Å²) >= 11 is 0. The predicted molar refractivity (Wildman–Crippen MR) is 96.9 cm³/mol. The van der Waals surface area contributed by atoms with Gasteiger partial charge in [-0.3, -0.25) is 9.48 Å². The summed E-state index contributed by atoms with van der Waals surface area (Å²) in [6.07, 6.45) is 4.58. The number of ether oxygens (including phenoxy) is 1. The molecule has 2 heterocycles. The highest BCUT2D eigenvalue weighted by atomic mass is 16.5. The van der Waals surface area contributed by atoms with Crippen molar-refractivity contribution in [1.82, 2.24) is 19.6 Å². The van der Waals surface area contributed by atoms with Crippen LogP contribution in [0.2, 0.25) is 0 Å². The second-order valence-electron chi connectivity index (χ2n) is 5.91. The van der Waals surface area contributed by atoms with Gasteiger partial charge in [-0.2, -0.15) is 10.2 Å². The molecular weight excluding hydrogens is 350 g/mol. The molecule has 2 N–H and O–H groups in total. The molecule has 0 fully saturated rings. The Kier molecular flexibility index (Phi) is 5.20. The van der Waals surface area contributed by atoms with Gasteiger partial charge in [0.05, 0.1) is 25.5 Å². The zero-order valence-corrected chi connectivity index (χ0v) is 14.9. The highest BCUT2D eigenvalue weighted by Gasteiger charge is 2.21. The van der Waals surface area contributed by atoms with Crippen LogP contribution in [-0.2, 0) is 11.3 Å². The summed E-state index contributed by atoms with van der Waals surface area (Å²) < 4.78 is 8.05. The average Bonchev–Trinajstić information content (AvgIpc) is 3.31. The Hall–Kier alpha value is -3.62. The Morgan fingerprint density at radius 2 is 2.11 bits per heavy atom. The first-order valence-corrected chi connectivity index (χ1v) is 8.21. The molecule has 9 heteroatoms. The van der Waals surface area contributed by atoms with Gasteiger partial charge in [0.2, 0.25) is 5.91 Å². The quantitative estimate of drug-likeness (QED) is 0.659. The summed E-state index contributed by atoms with van der Waals surface area (Å²) in [6.45, 7) is 2.10. The number of aromatic nitrogens is 4. The first-order chi connectivity index (χ1) is 13.0. The molecule has 0 saturated heterocycles. The van der Waals surface area contributed by atoms with Gasteiger partial charge in [0.1, 0.15) is 17.5 Å². The van der Waals surface area contributed by atoms with Crippen molar-refractivity contribution in [3.63, 3.8) is 0 Å². The third-order valence-electron chi connectivity index (χ3n) is 4.02. The van der Waals surface area contributed by atoms with E-state index in [2.05, 4.69) is 15.5 Å². The Bertz CT molecular complexity index is 962. The number of aromatic carboxylic acids is 1. The Morgan fingerprint density at radius 1 is 1.30 bits per heavy atom. The van der Waals surface area contributed by atoms with E-state index in [1.54, 1.807) is 24.9 Å². The van der Waals surface area contributed by atoms with Crippen LogP contribution >= 0.6 is 0 Å². The molecule has 0 radical (unpaired) electrons. The maximum Gasteiger partial charge on any atom is 0.354 e. The summed E-state index contributed by atoms with van der Waals surface area (Å²) in [4.78, 5) is 23.6. The van der Waals surface area contributed by atoms with Crippen LogP contribution in [0.1, 0.15) is 29.0 Å². The molecule has 1 atom stereocenters. The van der Waals surface area contributed by atoms with Gasteiger partial charge in [-0.1, -0.05) is 12.1 Å². The van der Waals surface area contributed by atoms with Crippen molar-refractivity contribution in [2.75, 3.05) is 12.4 Å². The maximum atomic E-state index is 12.4. The number of carboxylic acids is 1. The van der Waals surface area contributed by atoms with Gasteiger partial charge in [-0.25, -0.2) is 9.48 Å². The molecule has 1 aromatic carbocycles. The van der Waals surface area contributed by atoms with Crippen LogP contribution in [0.4, 0.5) is 5.69 Å². The molecule has 1 unspecified atom stereocenters. The van der Waals surface area contributed by atoms with Crippen LogP contribution in [0, 0.1) is 0 Å². The van der Waals surface area contributed by atoms with E-state index in [1.165, 1.54) is 23.1 Å². The van der Waals surface area contributed by atoms with Crippen LogP contribution in [0.25, 0.3) is 0 Å². The third-order valence-corrected chi connectivity index (χ3v) is 4.02. The first kappa shape index (κ1) is 18.2. The van der Waals surface area contributed by atoms with Gasteiger partial charge in [-0.05, 0) is 30.7 Å². The van der Waals surface area contributed by atoms with Crippen molar-refractivity contribution < 1.29 is 19.4 Å². The fourth-order valence-corrected chi connectivity index (χ4v) is 2.62. The summed E-state index contributed by atoms with van der Waals surface area (Å²) in [5.41, 5.74) is 1.47. The van der Waals surface area contributed by atoms with E-state index in [-0.39, 0.29) is 11.6 Å². The van der Waals surface area contributed by atoms with Crippen LogP contribution in [0.5, 0.6) is 5.75 Å². The van der Waals surface area contributed by atoms with E-state index in [1.807, 2.05) is 24.3 Å². The van der Waals surface area contributed by atoms with Crippen molar-refractivity contribution in [2.24, 2.45) is 0 Å². The third kappa shape index (κ3) is 4.14. The normalized spacial score (nSPS) is 11.8. The topological polar surface area (TPSA) is 111 Å². The standard InChI is InChI=1S/C18H19N5O4/c1-12(23-16(18(25)26)6-7-19-23)17(24)21-14-9-20-22(11-14)10-13-4-3-5-15(8-13)27-2/h3-9,11-12H,10H2,1-2H3,(H,21,24)(H,25,26). The van der Waals surface area contributed by atoms with Crippen molar-refractivity contribution in [1.29, 1.82) is 0 Å². The number of hydrogen-bond acceptors (Lipinski definition) is 5. The highest BCUT2D eigenvalue weighted by molar-refractivity contribution is 5.94. The van der Waals surface area contributed by atoms with E-state index >= 15 is 0 Å². The number of carbonyl (C=O) groups excluding carboxylic acids is 1. The number of nitrogens with one attached hydrogen (secondary N) is 1. The number of hydrogen-bond donors (Lipinski definition) is 2. The van der Waals surface area contributed by atoms with Gasteiger partial charge >= 0.3 is 5.97 Å². The minimum atomic E-state index is -1.14. The second kappa shape index (κ2) is 7.73. The SMILES string of the molecule is COc1cccc(Cn2cc(NC(=O)C(C)n3nccc3C(=O)O)cn2)c1. The fraction of sp³-hybridized carbons (Fsp3) is 0.222. The zero-order chi connectivity index (χ0) is 19.4. The Morgan fingerprint density at radius 3 is 2.85 bits per heavy atom. The fourth-order valence-electron chi connectivity index (χ4n) is 2.62. The van der Waals surface area contributed by atoms with Gasteiger partial charge < -0.3 is 15.2 Å². The molecule has 2 aromatic heterocycles. The van der Waals surface area contributed by atoms with Crippen molar-refractivity contribution in [3.8, 4) is 5.75 Å². The lowest BCUT2D eigenvalue weighted by atomic mass is 10.2. The van der Waals surface area contributed by atoms with Crippen molar-refractivity contribution in [2.45, 2.75) is 19.5 Å². The second-order valence-corrected chi connectivity index (χ2v) is 5.91. The average molecular weight is 369 g/mol. The highest BCUT2D eigenvalue weighted by Crippen LogP contribution is 2.16. The van der Waals surface area contributed by atoms with E-state index in [0.717, 1.165) is 11.3 Å². The van der Waals surface area contributed by atoms with Crippen LogP contribution < -0.4 is 10.1 Å². The lowest BCUT2D eigenvalue weighted by molar-refractivity contribution is -0.119. The molecule has 0 spiro atoms. The Balaban J connectivity index is 1.67. The van der Waals surface area contributed by atoms with Crippen molar-refractivity contribution >= 4 is 17.6 Å². The molecule has 1 amide bonds. The summed E-state index contributed by atoms with van der Waals surface area (Å²) in [7, 11) is 1.61. The molecule has 140 valence electrons. The van der Waals surface area contributed by atoms with Gasteiger partial charge in [0.25, 0.3) is 0 Å². The number of carbonyl (C=O) groups is 2. The molecule has 0 aliphatic carbocycles. The monoisotopic (exact) mass is 369 g/mol. The van der Waals surface area contributed by atoms with E-state index in [9.17, 15) is 9.59 Å². The number of rotatable bonds is 7. The summed E-state index contributed by atoms with van der Waals surface area (Å²) in [5, 5.41) is 20.0. The number of amides is 1. The summed E-state index contributed by atoms with van der Waals surface area (Å²) in [6, 6.07) is 8.18. The van der Waals surface area contributed by atoms with Crippen molar-refractivity contribution in [3.05, 3.63) is 60.2 Å². The number of carboxylic acid groups (broad SMARTS) is 1. The maximum absolute atomic E-state index is 12.4. The lowest BCUT2D eigenvalue weighted by Crippen LogP contribution is -2.26. The van der Waals surface area contributed by atoms with Gasteiger partial charge in [-0.15, -0.1) is 0 Å².